The monoisotopic (exact) mass is 948 g/mol. The van der Waals surface area contributed by atoms with Crippen molar-refractivity contribution in [2.24, 2.45) is 0 Å². The van der Waals surface area contributed by atoms with Crippen LogP contribution in [0.25, 0.3) is 11.1 Å². The van der Waals surface area contributed by atoms with E-state index in [9.17, 15) is 10.5 Å². The Hall–Kier alpha value is -6.71. The average molecular weight is 949 g/mol. The zero-order chi connectivity index (χ0) is 48.5. The molecule has 6 aromatic carbocycles. The number of ether oxygens (including phenoxy) is 2. The summed E-state index contributed by atoms with van der Waals surface area (Å²) in [5, 5.41) is 31.6. The number of hydrogen-bond acceptors (Lipinski definition) is 8. The van der Waals surface area contributed by atoms with Crippen LogP contribution in [-0.2, 0) is 20.2 Å². The van der Waals surface area contributed by atoms with Crippen molar-refractivity contribution < 1.29 is 76.8 Å². The average Bonchev–Trinajstić information content (AvgIpc) is 3.23. The number of alkyl halides is 12. The molecular formula is C46H28F12N2O5S. The normalized spacial score (nSPS) is 12.6. The first-order valence-electron chi connectivity index (χ1n) is 18.7. The fourth-order valence-corrected chi connectivity index (χ4v) is 8.02. The minimum Gasteiger partial charge on any atom is -0.456 e. The van der Waals surface area contributed by atoms with Gasteiger partial charge in [-0.3, -0.25) is 0 Å². The van der Waals surface area contributed by atoms with Gasteiger partial charge in [0.05, 0.1) is 17.6 Å². The van der Waals surface area contributed by atoms with Crippen LogP contribution in [0, 0.1) is 36.5 Å². The second kappa shape index (κ2) is 18.3. The molecule has 0 saturated carbocycles. The van der Waals surface area contributed by atoms with Crippen molar-refractivity contribution in [1.29, 1.82) is 10.5 Å². The summed E-state index contributed by atoms with van der Waals surface area (Å²) in [6.45, 7) is 2.61. The molecule has 0 aliphatic heterocycles. The van der Waals surface area contributed by atoms with Crippen molar-refractivity contribution >= 4 is 12.0 Å². The van der Waals surface area contributed by atoms with Crippen molar-refractivity contribution in [1.82, 2.24) is 0 Å². The number of halogens is 12. The van der Waals surface area contributed by atoms with Gasteiger partial charge in [0.25, 0.3) is 0 Å². The Morgan fingerprint density at radius 1 is 0.500 bits per heavy atom. The third-order valence-corrected chi connectivity index (χ3v) is 11.2. The predicted octanol–water partition coefficient (Wildman–Crippen LogP) is 14.5. The molecule has 342 valence electrons. The first-order chi connectivity index (χ1) is 31.0. The molecular weight excluding hydrogens is 921 g/mol. The third kappa shape index (κ3) is 8.72. The molecule has 0 amide bonds. The van der Waals surface area contributed by atoms with Crippen LogP contribution in [0.15, 0.2) is 132 Å². The van der Waals surface area contributed by atoms with Gasteiger partial charge < -0.3 is 9.47 Å². The topological polar surface area (TPSA) is 105 Å². The van der Waals surface area contributed by atoms with Crippen LogP contribution in [0.4, 0.5) is 52.7 Å². The molecule has 7 nitrogen and oxygen atoms in total. The van der Waals surface area contributed by atoms with Crippen LogP contribution in [0.2, 0.25) is 0 Å². The largest absolute Gasteiger partial charge is 0.456 e. The Labute approximate surface area is 371 Å². The minimum absolute atomic E-state index is 0.0114. The third-order valence-electron chi connectivity index (χ3n) is 10.6. The van der Waals surface area contributed by atoms with Crippen molar-refractivity contribution in [3.05, 3.63) is 172 Å². The zero-order valence-corrected chi connectivity index (χ0v) is 34.4. The Bertz CT molecular complexity index is 2780. The predicted molar refractivity (Wildman–Crippen MR) is 213 cm³/mol. The first kappa shape index (κ1) is 48.7. The van der Waals surface area contributed by atoms with Crippen molar-refractivity contribution in [3.63, 3.8) is 0 Å². The number of aryl methyl sites for hydroxylation is 2. The summed E-state index contributed by atoms with van der Waals surface area (Å²) in [5.41, 5.74) is -15.4. The molecule has 0 fully saturated rings. The zero-order valence-electron chi connectivity index (χ0n) is 33.5. The van der Waals surface area contributed by atoms with Crippen molar-refractivity contribution in [2.45, 2.75) is 54.3 Å². The highest BCUT2D eigenvalue weighted by molar-refractivity contribution is 7.94. The Balaban J connectivity index is 1.40. The smallest absolute Gasteiger partial charge is 0.411 e. The first-order valence-corrected chi connectivity index (χ1v) is 19.4. The molecule has 0 atom stereocenters. The highest BCUT2D eigenvalue weighted by atomic mass is 32.2. The van der Waals surface area contributed by atoms with Gasteiger partial charge in [-0.1, -0.05) is 77.8 Å². The van der Waals surface area contributed by atoms with Gasteiger partial charge in [-0.25, -0.2) is 5.26 Å². The number of nitriles is 2. The van der Waals surface area contributed by atoms with Crippen LogP contribution in [-0.4, -0.2) is 30.0 Å². The van der Waals surface area contributed by atoms with Gasteiger partial charge in [0.2, 0.25) is 10.8 Å². The Morgan fingerprint density at radius 3 is 1.47 bits per heavy atom. The van der Waals surface area contributed by atoms with E-state index in [2.05, 4.69) is 9.37 Å². The summed E-state index contributed by atoms with van der Waals surface area (Å²) >= 11 is 0.114. The maximum absolute atomic E-state index is 15.2. The SMILES string of the molecule is Cc1ccc(-c2cccc(Oc3ccc(C(c4ccc(Oc5cccc(C)c5C#N)cc4)(C(F)(F)F)C(F)(F)F)cc3)c2C#N)cc1C(c1cccc(SOOO)c1)(C(F)(F)F)C(F)(F)F. The van der Waals surface area contributed by atoms with E-state index >= 15 is 52.7 Å². The van der Waals surface area contributed by atoms with E-state index in [1.54, 1.807) is 19.1 Å². The fraction of sp³-hybridized carbons (Fsp3) is 0.174. The van der Waals surface area contributed by atoms with Gasteiger partial charge in [-0.05, 0) is 107 Å². The van der Waals surface area contributed by atoms with Crippen LogP contribution < -0.4 is 9.47 Å². The standard InChI is InChI=1S/C46H28F12N2O5S/c1-26-6-3-10-39(36(26)24-59)62-32-18-14-29(15-19-32)41(43(47,48)49,44(50,51)52)30-16-20-33(21-17-30)63-40-11-5-9-35(37(40)25-60)28-13-12-27(2)38(22-28)42(45(53,54)55,46(56,57)58)31-7-4-8-34(23-31)66-65-64-61/h3-23,61H,1-2H3. The van der Waals surface area contributed by atoms with Gasteiger partial charge >= 0.3 is 24.7 Å². The molecule has 66 heavy (non-hydrogen) atoms. The summed E-state index contributed by atoms with van der Waals surface area (Å²) in [6.07, 6.45) is -24.1. The van der Waals surface area contributed by atoms with Crippen LogP contribution in [0.5, 0.6) is 23.0 Å². The molecule has 0 aliphatic rings. The molecule has 0 aliphatic carbocycles. The molecule has 0 saturated heterocycles. The molecule has 0 bridgehead atoms. The summed E-state index contributed by atoms with van der Waals surface area (Å²) in [7, 11) is 0. The van der Waals surface area contributed by atoms with E-state index in [1.807, 2.05) is 6.07 Å². The van der Waals surface area contributed by atoms with E-state index in [1.165, 1.54) is 24.3 Å². The molecule has 6 rings (SSSR count). The molecule has 0 spiro atoms. The van der Waals surface area contributed by atoms with Gasteiger partial charge in [-0.15, -0.1) is 4.33 Å². The summed E-state index contributed by atoms with van der Waals surface area (Å²) < 4.78 is 197. The van der Waals surface area contributed by atoms with E-state index in [4.69, 9.17) is 14.7 Å². The molecule has 0 radical (unpaired) electrons. The number of rotatable bonds is 12. The van der Waals surface area contributed by atoms with E-state index in [0.717, 1.165) is 61.5 Å². The maximum atomic E-state index is 15.2. The number of benzene rings is 6. The lowest BCUT2D eigenvalue weighted by atomic mass is 9.70. The van der Waals surface area contributed by atoms with Crippen molar-refractivity contribution in [3.8, 4) is 46.3 Å². The lowest BCUT2D eigenvalue weighted by molar-refractivity contribution is -0.432. The Kier molecular flexibility index (Phi) is 13.5. The van der Waals surface area contributed by atoms with Crippen LogP contribution in [0.1, 0.15) is 44.5 Å². The van der Waals surface area contributed by atoms with Gasteiger partial charge in [-0.2, -0.15) is 63.2 Å². The highest BCUT2D eigenvalue weighted by Crippen LogP contribution is 2.59. The molecule has 1 N–H and O–H groups in total. The maximum Gasteiger partial charge on any atom is 0.411 e. The van der Waals surface area contributed by atoms with E-state index in [0.29, 0.717) is 48.0 Å². The van der Waals surface area contributed by atoms with E-state index in [-0.39, 0.29) is 45.1 Å². The fourth-order valence-electron chi connectivity index (χ4n) is 7.60. The highest BCUT2D eigenvalue weighted by Gasteiger charge is 2.74. The lowest BCUT2D eigenvalue weighted by Gasteiger charge is -2.39. The Morgan fingerprint density at radius 2 is 0.985 bits per heavy atom. The lowest BCUT2D eigenvalue weighted by Crippen LogP contribution is -2.55. The van der Waals surface area contributed by atoms with Gasteiger partial charge in [0.15, 0.2) is 0 Å². The molecule has 0 unspecified atom stereocenters. The van der Waals surface area contributed by atoms with Crippen LogP contribution >= 0.6 is 12.0 Å². The molecule has 0 heterocycles. The summed E-state index contributed by atoms with van der Waals surface area (Å²) in [4.78, 5) is -0.324. The quantitative estimate of drug-likeness (QED) is 0.0560. The second-order valence-electron chi connectivity index (χ2n) is 14.4. The molecule has 6 aromatic rings. The van der Waals surface area contributed by atoms with Gasteiger partial charge in [0, 0.05) is 10.5 Å². The van der Waals surface area contributed by atoms with Gasteiger partial charge in [0.1, 0.15) is 40.7 Å². The van der Waals surface area contributed by atoms with E-state index < -0.39 is 80.4 Å². The number of nitrogens with zero attached hydrogens (tertiary/aromatic N) is 2. The summed E-state index contributed by atoms with van der Waals surface area (Å²) in [6, 6.07) is 23.0. The van der Waals surface area contributed by atoms with Crippen LogP contribution in [0.3, 0.4) is 0 Å². The number of hydrogen-bond donors (Lipinski definition) is 1. The molecule has 20 heteroatoms. The van der Waals surface area contributed by atoms with Crippen molar-refractivity contribution in [2.75, 3.05) is 0 Å². The molecule has 0 aromatic heterocycles. The minimum atomic E-state index is -6.06. The summed E-state index contributed by atoms with van der Waals surface area (Å²) in [5.74, 6) is -0.990. The second-order valence-corrected chi connectivity index (χ2v) is 15.2.